The van der Waals surface area contributed by atoms with Gasteiger partial charge in [0.25, 0.3) is 0 Å². The molecule has 0 N–H and O–H groups in total. The molecular formula is C15H9Cl3O. The van der Waals surface area contributed by atoms with E-state index in [-0.39, 0.29) is 5.78 Å². The summed E-state index contributed by atoms with van der Waals surface area (Å²) in [5, 5.41) is 1.37. The van der Waals surface area contributed by atoms with E-state index in [0.29, 0.717) is 20.6 Å². The van der Waals surface area contributed by atoms with Crippen molar-refractivity contribution in [3.8, 4) is 0 Å². The summed E-state index contributed by atoms with van der Waals surface area (Å²) in [7, 11) is 0. The molecule has 0 saturated carbocycles. The summed E-state index contributed by atoms with van der Waals surface area (Å²) < 4.78 is 0. The Bertz CT molecular complexity index is 630. The van der Waals surface area contributed by atoms with Gasteiger partial charge in [-0.2, -0.15) is 0 Å². The number of halogens is 3. The number of hydrogen-bond donors (Lipinski definition) is 0. The molecule has 4 heteroatoms. The first-order chi connectivity index (χ1) is 9.08. The molecule has 2 aromatic carbocycles. The van der Waals surface area contributed by atoms with Crippen molar-refractivity contribution in [2.45, 2.75) is 0 Å². The number of rotatable bonds is 3. The van der Waals surface area contributed by atoms with Crippen molar-refractivity contribution in [2.75, 3.05) is 0 Å². The molecule has 1 nitrogen and oxygen atoms in total. The van der Waals surface area contributed by atoms with Gasteiger partial charge in [-0.15, -0.1) is 0 Å². The van der Waals surface area contributed by atoms with Crippen molar-refractivity contribution in [1.82, 2.24) is 0 Å². The van der Waals surface area contributed by atoms with Crippen LogP contribution in [-0.2, 0) is 0 Å². The highest BCUT2D eigenvalue weighted by Crippen LogP contribution is 2.23. The van der Waals surface area contributed by atoms with Crippen LogP contribution < -0.4 is 0 Å². The SMILES string of the molecule is O=C(/C=C(\Cl)c1ccc(Cl)cc1)c1ccccc1Cl. The van der Waals surface area contributed by atoms with E-state index in [2.05, 4.69) is 0 Å². The van der Waals surface area contributed by atoms with Crippen LogP contribution in [0.4, 0.5) is 0 Å². The molecule has 0 spiro atoms. The van der Waals surface area contributed by atoms with Crippen LogP contribution in [0.5, 0.6) is 0 Å². The van der Waals surface area contributed by atoms with Crippen molar-refractivity contribution < 1.29 is 4.79 Å². The Morgan fingerprint density at radius 1 is 0.947 bits per heavy atom. The van der Waals surface area contributed by atoms with Gasteiger partial charge in [0.15, 0.2) is 5.78 Å². The van der Waals surface area contributed by atoms with Crippen molar-refractivity contribution in [1.29, 1.82) is 0 Å². The predicted octanol–water partition coefficient (Wildman–Crippen LogP) is 5.46. The Hall–Kier alpha value is -1.28. The van der Waals surface area contributed by atoms with Gasteiger partial charge in [-0.25, -0.2) is 0 Å². The first-order valence-electron chi connectivity index (χ1n) is 5.50. The number of allylic oxidation sites excluding steroid dienone is 1. The maximum Gasteiger partial charge on any atom is 0.188 e. The van der Waals surface area contributed by atoms with Gasteiger partial charge in [-0.3, -0.25) is 4.79 Å². The van der Waals surface area contributed by atoms with Crippen LogP contribution in [-0.4, -0.2) is 5.78 Å². The molecule has 0 amide bonds. The highest BCUT2D eigenvalue weighted by atomic mass is 35.5. The van der Waals surface area contributed by atoms with E-state index in [1.54, 1.807) is 48.5 Å². The molecule has 0 aliphatic heterocycles. The molecule has 2 aromatic rings. The second-order valence-electron chi connectivity index (χ2n) is 3.84. The van der Waals surface area contributed by atoms with Gasteiger partial charge in [-0.1, -0.05) is 59.1 Å². The van der Waals surface area contributed by atoms with Gasteiger partial charge in [0.2, 0.25) is 0 Å². The Labute approximate surface area is 126 Å². The zero-order valence-electron chi connectivity index (χ0n) is 9.74. The summed E-state index contributed by atoms with van der Waals surface area (Å²) in [6.07, 6.45) is 1.35. The molecule has 2 rings (SSSR count). The minimum Gasteiger partial charge on any atom is -0.289 e. The van der Waals surface area contributed by atoms with E-state index < -0.39 is 0 Å². The lowest BCUT2D eigenvalue weighted by Crippen LogP contribution is -1.96. The number of carbonyl (C=O) groups excluding carboxylic acids is 1. The van der Waals surface area contributed by atoms with Crippen LogP contribution in [0.15, 0.2) is 54.6 Å². The molecule has 19 heavy (non-hydrogen) atoms. The summed E-state index contributed by atoms with van der Waals surface area (Å²) >= 11 is 17.9. The molecule has 0 aromatic heterocycles. The fourth-order valence-electron chi connectivity index (χ4n) is 1.55. The zero-order chi connectivity index (χ0) is 13.8. The van der Waals surface area contributed by atoms with E-state index in [9.17, 15) is 4.79 Å². The minimum absolute atomic E-state index is 0.231. The molecule has 0 atom stereocenters. The van der Waals surface area contributed by atoms with Crippen LogP contribution in [0.1, 0.15) is 15.9 Å². The smallest absolute Gasteiger partial charge is 0.188 e. The molecule has 0 saturated heterocycles. The molecule has 0 aliphatic carbocycles. The maximum absolute atomic E-state index is 12.0. The Morgan fingerprint density at radius 2 is 1.58 bits per heavy atom. The first-order valence-corrected chi connectivity index (χ1v) is 6.63. The summed E-state index contributed by atoms with van der Waals surface area (Å²) in [5.41, 5.74) is 1.16. The normalized spacial score (nSPS) is 11.4. The van der Waals surface area contributed by atoms with Crippen molar-refractivity contribution in [3.63, 3.8) is 0 Å². The second-order valence-corrected chi connectivity index (χ2v) is 5.09. The first kappa shape index (κ1) is 14.1. The molecule has 0 heterocycles. The van der Waals surface area contributed by atoms with Gasteiger partial charge in [-0.05, 0) is 29.8 Å². The Kier molecular flexibility index (Phi) is 4.65. The summed E-state index contributed by atoms with van der Waals surface area (Å²) in [6, 6.07) is 13.8. The van der Waals surface area contributed by atoms with Crippen LogP contribution in [0.2, 0.25) is 10.0 Å². The molecule has 96 valence electrons. The van der Waals surface area contributed by atoms with Gasteiger partial charge in [0, 0.05) is 16.7 Å². The third kappa shape index (κ3) is 3.60. The van der Waals surface area contributed by atoms with Gasteiger partial charge in [0.1, 0.15) is 0 Å². The van der Waals surface area contributed by atoms with E-state index in [0.717, 1.165) is 5.56 Å². The lowest BCUT2D eigenvalue weighted by atomic mass is 10.1. The van der Waals surface area contributed by atoms with Crippen molar-refractivity contribution in [2.24, 2.45) is 0 Å². The number of benzene rings is 2. The van der Waals surface area contributed by atoms with Crippen molar-refractivity contribution in [3.05, 3.63) is 75.8 Å². The average Bonchev–Trinajstić information content (AvgIpc) is 2.39. The molecular weight excluding hydrogens is 303 g/mol. The largest absolute Gasteiger partial charge is 0.289 e. The third-order valence-electron chi connectivity index (χ3n) is 2.52. The summed E-state index contributed by atoms with van der Waals surface area (Å²) in [6.45, 7) is 0. The highest BCUT2D eigenvalue weighted by Gasteiger charge is 2.08. The van der Waals surface area contributed by atoms with Crippen LogP contribution in [0, 0.1) is 0 Å². The number of hydrogen-bond acceptors (Lipinski definition) is 1. The van der Waals surface area contributed by atoms with Gasteiger partial charge < -0.3 is 0 Å². The Morgan fingerprint density at radius 3 is 2.21 bits per heavy atom. The van der Waals surface area contributed by atoms with Crippen LogP contribution in [0.3, 0.4) is 0 Å². The van der Waals surface area contributed by atoms with E-state index in [1.165, 1.54) is 6.08 Å². The van der Waals surface area contributed by atoms with Crippen molar-refractivity contribution >= 4 is 45.6 Å². The molecule has 0 radical (unpaired) electrons. The topological polar surface area (TPSA) is 17.1 Å². The zero-order valence-corrected chi connectivity index (χ0v) is 12.0. The monoisotopic (exact) mass is 310 g/mol. The fraction of sp³-hybridized carbons (Fsp3) is 0. The second kappa shape index (κ2) is 6.25. The third-order valence-corrected chi connectivity index (χ3v) is 3.43. The average molecular weight is 312 g/mol. The fourth-order valence-corrected chi connectivity index (χ4v) is 2.13. The molecule has 0 aliphatic rings. The maximum atomic E-state index is 12.0. The summed E-state index contributed by atoms with van der Waals surface area (Å²) in [5.74, 6) is -0.231. The van der Waals surface area contributed by atoms with Gasteiger partial charge >= 0.3 is 0 Å². The lowest BCUT2D eigenvalue weighted by molar-refractivity contribution is 0.104. The lowest BCUT2D eigenvalue weighted by Gasteiger charge is -2.01. The van der Waals surface area contributed by atoms with E-state index in [1.807, 2.05) is 0 Å². The number of ketones is 1. The van der Waals surface area contributed by atoms with Crippen LogP contribution >= 0.6 is 34.8 Å². The molecule has 0 fully saturated rings. The standard InChI is InChI=1S/C15H9Cl3O/c16-11-7-5-10(6-8-11)14(18)9-15(19)12-3-1-2-4-13(12)17/h1-9H/b14-9-. The van der Waals surface area contributed by atoms with Crippen LogP contribution in [0.25, 0.3) is 5.03 Å². The Balaban J connectivity index is 2.28. The van der Waals surface area contributed by atoms with E-state index >= 15 is 0 Å². The quantitative estimate of drug-likeness (QED) is 0.543. The van der Waals surface area contributed by atoms with Gasteiger partial charge in [0.05, 0.1) is 10.1 Å². The van der Waals surface area contributed by atoms with E-state index in [4.69, 9.17) is 34.8 Å². The minimum atomic E-state index is -0.231. The molecule has 0 unspecified atom stereocenters. The highest BCUT2D eigenvalue weighted by molar-refractivity contribution is 6.50. The number of carbonyl (C=O) groups is 1. The summed E-state index contributed by atoms with van der Waals surface area (Å²) in [4.78, 5) is 12.0. The molecule has 0 bridgehead atoms. The predicted molar refractivity (Wildman–Crippen MR) is 81.1 cm³/mol.